The van der Waals surface area contributed by atoms with Crippen molar-refractivity contribution in [2.45, 2.75) is 91.4 Å². The quantitative estimate of drug-likeness (QED) is 0.373. The highest BCUT2D eigenvalue weighted by Gasteiger charge is 2.35. The van der Waals surface area contributed by atoms with Gasteiger partial charge in [-0.2, -0.15) is 0 Å². The summed E-state index contributed by atoms with van der Waals surface area (Å²) in [4.78, 5) is 12.9. The van der Waals surface area contributed by atoms with Crippen LogP contribution in [-0.2, 0) is 0 Å². The van der Waals surface area contributed by atoms with Gasteiger partial charge in [-0.1, -0.05) is 89.9 Å². The van der Waals surface area contributed by atoms with Crippen LogP contribution in [0, 0.1) is 5.41 Å². The first kappa shape index (κ1) is 20.1. The molecule has 1 atom stereocenters. The molecule has 1 aromatic rings. The monoisotopic (exact) mass is 339 g/mol. The summed E-state index contributed by atoms with van der Waals surface area (Å²) in [5.74, 6) is 0.138. The SMILES string of the molecule is CCCCCCCC(C)(CCCCCC)C(=O)c1nnc(N)s1. The van der Waals surface area contributed by atoms with Gasteiger partial charge in [0, 0.05) is 5.41 Å². The van der Waals surface area contributed by atoms with E-state index in [0.29, 0.717) is 10.1 Å². The average Bonchev–Trinajstić information content (AvgIpc) is 2.97. The molecule has 0 amide bonds. The first-order chi connectivity index (χ1) is 11.0. The summed E-state index contributed by atoms with van der Waals surface area (Å²) in [7, 11) is 0. The van der Waals surface area contributed by atoms with Gasteiger partial charge < -0.3 is 5.73 Å². The summed E-state index contributed by atoms with van der Waals surface area (Å²) in [6, 6.07) is 0. The highest BCUT2D eigenvalue weighted by molar-refractivity contribution is 7.16. The molecule has 23 heavy (non-hydrogen) atoms. The summed E-state index contributed by atoms with van der Waals surface area (Å²) >= 11 is 1.22. The molecule has 0 fully saturated rings. The maximum atomic E-state index is 12.9. The number of hydrogen-bond acceptors (Lipinski definition) is 5. The molecule has 1 aromatic heterocycles. The minimum atomic E-state index is -0.314. The molecule has 1 rings (SSSR count). The largest absolute Gasteiger partial charge is 0.374 e. The van der Waals surface area contributed by atoms with Crippen LogP contribution < -0.4 is 5.73 Å². The van der Waals surface area contributed by atoms with E-state index in [1.165, 1.54) is 56.3 Å². The fourth-order valence-electron chi connectivity index (χ4n) is 3.00. The van der Waals surface area contributed by atoms with Crippen LogP contribution in [0.1, 0.15) is 101 Å². The van der Waals surface area contributed by atoms with Crippen LogP contribution in [-0.4, -0.2) is 16.0 Å². The average molecular weight is 340 g/mol. The molecular formula is C18H33N3OS. The molecule has 0 aliphatic carbocycles. The Balaban J connectivity index is 2.64. The maximum Gasteiger partial charge on any atom is 0.203 e. The van der Waals surface area contributed by atoms with E-state index in [1.54, 1.807) is 0 Å². The normalized spacial score (nSPS) is 13.9. The third-order valence-electron chi connectivity index (χ3n) is 4.60. The lowest BCUT2D eigenvalue weighted by Crippen LogP contribution is -2.28. The first-order valence-electron chi connectivity index (χ1n) is 9.17. The molecule has 0 spiro atoms. The molecule has 0 aromatic carbocycles. The summed E-state index contributed by atoms with van der Waals surface area (Å²) in [5.41, 5.74) is 5.33. The minimum Gasteiger partial charge on any atom is -0.374 e. The molecule has 132 valence electrons. The Bertz CT molecular complexity index is 461. The molecule has 0 saturated heterocycles. The zero-order chi connectivity index (χ0) is 17.1. The first-order valence-corrected chi connectivity index (χ1v) is 9.99. The number of Topliss-reactive ketones (excluding diaryl/α,β-unsaturated/α-hetero) is 1. The Morgan fingerprint density at radius 1 is 0.957 bits per heavy atom. The molecule has 0 aliphatic heterocycles. The van der Waals surface area contributed by atoms with Gasteiger partial charge in [-0.05, 0) is 12.8 Å². The van der Waals surface area contributed by atoms with E-state index in [9.17, 15) is 4.79 Å². The molecule has 0 saturated carbocycles. The number of rotatable bonds is 13. The Labute approximate surface area is 145 Å². The Morgan fingerprint density at radius 2 is 1.48 bits per heavy atom. The van der Waals surface area contributed by atoms with Crippen molar-refractivity contribution in [3.05, 3.63) is 5.01 Å². The van der Waals surface area contributed by atoms with Crippen LogP contribution in [0.2, 0.25) is 0 Å². The van der Waals surface area contributed by atoms with E-state index in [0.717, 1.165) is 25.7 Å². The van der Waals surface area contributed by atoms with E-state index < -0.39 is 0 Å². The Kier molecular flexibility index (Phi) is 9.37. The smallest absolute Gasteiger partial charge is 0.203 e. The van der Waals surface area contributed by atoms with Crippen LogP contribution in [0.3, 0.4) is 0 Å². The molecule has 1 unspecified atom stereocenters. The van der Waals surface area contributed by atoms with Crippen LogP contribution in [0.25, 0.3) is 0 Å². The number of unbranched alkanes of at least 4 members (excludes halogenated alkanes) is 7. The van der Waals surface area contributed by atoms with Crippen molar-refractivity contribution in [3.63, 3.8) is 0 Å². The molecule has 4 nitrogen and oxygen atoms in total. The second-order valence-corrected chi connectivity index (χ2v) is 7.82. The number of anilines is 1. The van der Waals surface area contributed by atoms with Crippen molar-refractivity contribution >= 4 is 22.3 Å². The van der Waals surface area contributed by atoms with Gasteiger partial charge in [0.25, 0.3) is 0 Å². The second-order valence-electron chi connectivity index (χ2n) is 6.81. The van der Waals surface area contributed by atoms with Crippen molar-refractivity contribution in [1.82, 2.24) is 10.2 Å². The molecule has 0 aliphatic rings. The third-order valence-corrected chi connectivity index (χ3v) is 5.35. The molecule has 5 heteroatoms. The van der Waals surface area contributed by atoms with E-state index >= 15 is 0 Å². The molecule has 1 heterocycles. The highest BCUT2D eigenvalue weighted by atomic mass is 32.1. The number of carbonyl (C=O) groups excluding carboxylic acids is 1. The number of nitrogen functional groups attached to an aromatic ring is 1. The topological polar surface area (TPSA) is 68.9 Å². The van der Waals surface area contributed by atoms with Crippen molar-refractivity contribution < 1.29 is 4.79 Å². The van der Waals surface area contributed by atoms with Gasteiger partial charge in [0.1, 0.15) is 0 Å². The van der Waals surface area contributed by atoms with Crippen LogP contribution >= 0.6 is 11.3 Å². The van der Waals surface area contributed by atoms with E-state index in [-0.39, 0.29) is 11.2 Å². The predicted molar refractivity (Wildman–Crippen MR) is 98.9 cm³/mol. The van der Waals surface area contributed by atoms with Gasteiger partial charge >= 0.3 is 0 Å². The standard InChI is InChI=1S/C18H33N3OS/c1-4-6-8-10-12-14-18(3,13-11-9-7-5-2)15(22)16-20-21-17(19)23-16/h4-14H2,1-3H3,(H2,19,21). The second kappa shape index (κ2) is 10.7. The van der Waals surface area contributed by atoms with Crippen molar-refractivity contribution in [3.8, 4) is 0 Å². The Hall–Kier alpha value is -0.970. The van der Waals surface area contributed by atoms with Gasteiger partial charge in [-0.15, -0.1) is 10.2 Å². The number of nitrogens with zero attached hydrogens (tertiary/aromatic N) is 2. The van der Waals surface area contributed by atoms with E-state index in [1.807, 2.05) is 0 Å². The predicted octanol–water partition coefficient (Wildman–Crippen LogP) is 5.64. The van der Waals surface area contributed by atoms with Crippen LogP contribution in [0.5, 0.6) is 0 Å². The zero-order valence-electron chi connectivity index (χ0n) is 15.1. The summed E-state index contributed by atoms with van der Waals surface area (Å²) in [5, 5.41) is 8.64. The number of nitrogens with two attached hydrogens (primary N) is 1. The van der Waals surface area contributed by atoms with Crippen LogP contribution in [0.4, 0.5) is 5.13 Å². The molecule has 2 N–H and O–H groups in total. The molecule has 0 radical (unpaired) electrons. The van der Waals surface area contributed by atoms with Gasteiger partial charge in [0.2, 0.25) is 5.13 Å². The minimum absolute atomic E-state index is 0.138. The van der Waals surface area contributed by atoms with Gasteiger partial charge in [0.05, 0.1) is 0 Å². The molecule has 0 bridgehead atoms. The summed E-state index contributed by atoms with van der Waals surface area (Å²) < 4.78 is 0. The van der Waals surface area contributed by atoms with Crippen molar-refractivity contribution in [1.29, 1.82) is 0 Å². The van der Waals surface area contributed by atoms with Gasteiger partial charge in [-0.25, -0.2) is 0 Å². The van der Waals surface area contributed by atoms with Crippen molar-refractivity contribution in [2.24, 2.45) is 5.41 Å². The van der Waals surface area contributed by atoms with E-state index in [2.05, 4.69) is 31.0 Å². The summed E-state index contributed by atoms with van der Waals surface area (Å²) in [6.07, 6.45) is 12.8. The lowest BCUT2D eigenvalue weighted by molar-refractivity contribution is 0.0776. The van der Waals surface area contributed by atoms with Gasteiger partial charge in [0.15, 0.2) is 10.8 Å². The fourth-order valence-corrected chi connectivity index (χ4v) is 3.70. The lowest BCUT2D eigenvalue weighted by atomic mass is 9.76. The summed E-state index contributed by atoms with van der Waals surface area (Å²) in [6.45, 7) is 6.54. The fraction of sp³-hybridized carbons (Fsp3) is 0.833. The van der Waals surface area contributed by atoms with Gasteiger partial charge in [-0.3, -0.25) is 4.79 Å². The number of ketones is 1. The Morgan fingerprint density at radius 3 is 1.96 bits per heavy atom. The van der Waals surface area contributed by atoms with E-state index in [4.69, 9.17) is 5.73 Å². The number of aromatic nitrogens is 2. The zero-order valence-corrected chi connectivity index (χ0v) is 15.9. The van der Waals surface area contributed by atoms with Crippen LogP contribution in [0.15, 0.2) is 0 Å². The lowest BCUT2D eigenvalue weighted by Gasteiger charge is -2.27. The highest BCUT2D eigenvalue weighted by Crippen LogP contribution is 2.36. The third kappa shape index (κ3) is 6.98. The molecular weight excluding hydrogens is 306 g/mol. The van der Waals surface area contributed by atoms with Crippen molar-refractivity contribution in [2.75, 3.05) is 5.73 Å². The maximum absolute atomic E-state index is 12.9. The number of hydrogen-bond donors (Lipinski definition) is 1. The number of carbonyl (C=O) groups is 1.